The molecule has 0 unspecified atom stereocenters. The average Bonchev–Trinajstić information content (AvgIpc) is 3.34. The first kappa shape index (κ1) is 18.7. The summed E-state index contributed by atoms with van der Waals surface area (Å²) in [6, 6.07) is 7.93. The van der Waals surface area contributed by atoms with Crippen LogP contribution in [0.15, 0.2) is 40.9 Å². The molecule has 2 bridgehead atoms. The van der Waals surface area contributed by atoms with Crippen LogP contribution >= 0.6 is 15.9 Å². The highest BCUT2D eigenvalue weighted by atomic mass is 79.9. The number of amides is 2. The molecule has 3 aliphatic carbocycles. The molecule has 2 amide bonds. The van der Waals surface area contributed by atoms with Crippen LogP contribution in [0.3, 0.4) is 0 Å². The lowest BCUT2D eigenvalue weighted by atomic mass is 9.81. The fourth-order valence-electron chi connectivity index (χ4n) is 5.05. The number of benzene rings is 1. The van der Waals surface area contributed by atoms with E-state index in [1.54, 1.807) is 0 Å². The Morgan fingerprint density at radius 1 is 1.00 bits per heavy atom. The summed E-state index contributed by atoms with van der Waals surface area (Å²) in [4.78, 5) is 26.0. The molecule has 0 radical (unpaired) electrons. The van der Waals surface area contributed by atoms with Gasteiger partial charge in [-0.15, -0.1) is 0 Å². The SMILES string of the molecule is CNCCNC(=O)[C@H]1[C@H](C(=O)NCc2ccc(Br)cc2)[C@@H]2C=C[C@H]1C21CC1. The van der Waals surface area contributed by atoms with Crippen molar-refractivity contribution in [1.82, 2.24) is 16.0 Å². The molecular formula is C21H26BrN3O2. The second-order valence-corrected chi connectivity index (χ2v) is 8.88. The lowest BCUT2D eigenvalue weighted by molar-refractivity contribution is -0.135. The van der Waals surface area contributed by atoms with E-state index < -0.39 is 0 Å². The third kappa shape index (κ3) is 3.34. The number of hydrogen-bond donors (Lipinski definition) is 3. The Morgan fingerprint density at radius 3 is 2.15 bits per heavy atom. The number of nitrogens with one attached hydrogen (secondary N) is 3. The molecule has 4 rings (SSSR count). The zero-order chi connectivity index (χ0) is 19.0. The third-order valence-corrected chi connectivity index (χ3v) is 7.03. The minimum absolute atomic E-state index is 0.00908. The van der Waals surface area contributed by atoms with Crippen molar-refractivity contribution in [2.75, 3.05) is 20.1 Å². The van der Waals surface area contributed by atoms with Gasteiger partial charge in [0.1, 0.15) is 0 Å². The van der Waals surface area contributed by atoms with Crippen LogP contribution < -0.4 is 16.0 Å². The number of carbonyl (C=O) groups excluding carboxylic acids is 2. The molecule has 5 nitrogen and oxygen atoms in total. The van der Waals surface area contributed by atoms with E-state index in [1.807, 2.05) is 31.3 Å². The summed E-state index contributed by atoms with van der Waals surface area (Å²) in [6.45, 7) is 1.81. The standard InChI is InChI=1S/C21H26BrN3O2/c1-23-10-11-24-19(26)17-15-6-7-16(21(15)8-9-21)18(17)20(27)25-12-13-2-4-14(22)5-3-13/h2-7,15-18,23H,8-12H2,1H3,(H,24,26)(H,25,27)/t15-,16+,17-,18-/m1/s1. The van der Waals surface area contributed by atoms with Crippen molar-refractivity contribution in [3.63, 3.8) is 0 Å². The zero-order valence-electron chi connectivity index (χ0n) is 15.5. The Labute approximate surface area is 168 Å². The van der Waals surface area contributed by atoms with E-state index in [2.05, 4.69) is 44.0 Å². The Morgan fingerprint density at radius 2 is 1.59 bits per heavy atom. The maximum absolute atomic E-state index is 13.1. The van der Waals surface area contributed by atoms with E-state index in [0.29, 0.717) is 13.1 Å². The smallest absolute Gasteiger partial charge is 0.224 e. The van der Waals surface area contributed by atoms with Crippen LogP contribution in [-0.2, 0) is 16.1 Å². The van der Waals surface area contributed by atoms with E-state index >= 15 is 0 Å². The van der Waals surface area contributed by atoms with Gasteiger partial charge in [0, 0.05) is 24.1 Å². The Balaban J connectivity index is 1.47. The van der Waals surface area contributed by atoms with E-state index in [4.69, 9.17) is 0 Å². The number of halogens is 1. The first-order valence-corrected chi connectivity index (χ1v) is 10.5. The van der Waals surface area contributed by atoms with Crippen molar-refractivity contribution < 1.29 is 9.59 Å². The molecule has 0 heterocycles. The summed E-state index contributed by atoms with van der Waals surface area (Å²) in [7, 11) is 1.87. The lowest BCUT2D eigenvalue weighted by Gasteiger charge is -2.26. The van der Waals surface area contributed by atoms with Crippen molar-refractivity contribution in [3.8, 4) is 0 Å². The van der Waals surface area contributed by atoms with Gasteiger partial charge in [-0.05, 0) is 54.8 Å². The molecule has 6 heteroatoms. The van der Waals surface area contributed by atoms with Crippen LogP contribution in [0.1, 0.15) is 18.4 Å². The van der Waals surface area contributed by atoms with E-state index in [-0.39, 0.29) is 40.9 Å². The molecule has 4 atom stereocenters. The van der Waals surface area contributed by atoms with Crippen LogP contribution in [0, 0.1) is 29.1 Å². The molecule has 1 spiro atoms. The molecule has 0 aliphatic heterocycles. The number of hydrogen-bond acceptors (Lipinski definition) is 3. The Hall–Kier alpha value is -1.66. The van der Waals surface area contributed by atoms with Crippen LogP contribution in [-0.4, -0.2) is 32.0 Å². The first-order chi connectivity index (χ1) is 13.1. The highest BCUT2D eigenvalue weighted by Crippen LogP contribution is 2.72. The molecule has 2 saturated carbocycles. The minimum atomic E-state index is -0.257. The Kier molecular flexibility index (Phi) is 5.12. The molecule has 3 aliphatic rings. The van der Waals surface area contributed by atoms with Crippen LogP contribution in [0.5, 0.6) is 0 Å². The zero-order valence-corrected chi connectivity index (χ0v) is 17.1. The van der Waals surface area contributed by atoms with Gasteiger partial charge >= 0.3 is 0 Å². The number of carbonyl (C=O) groups is 2. The number of allylic oxidation sites excluding steroid dienone is 2. The molecule has 1 aromatic rings. The summed E-state index contributed by atoms with van der Waals surface area (Å²) in [5, 5.41) is 9.14. The van der Waals surface area contributed by atoms with Gasteiger partial charge in [0.15, 0.2) is 0 Å². The average molecular weight is 432 g/mol. The highest BCUT2D eigenvalue weighted by Gasteiger charge is 2.69. The largest absolute Gasteiger partial charge is 0.355 e. The second-order valence-electron chi connectivity index (χ2n) is 7.96. The van der Waals surface area contributed by atoms with Crippen molar-refractivity contribution >= 4 is 27.7 Å². The van der Waals surface area contributed by atoms with Crippen molar-refractivity contribution in [3.05, 3.63) is 46.5 Å². The molecule has 0 saturated heterocycles. The van der Waals surface area contributed by atoms with Gasteiger partial charge in [0.2, 0.25) is 11.8 Å². The minimum Gasteiger partial charge on any atom is -0.355 e. The topological polar surface area (TPSA) is 70.2 Å². The van der Waals surface area contributed by atoms with Crippen LogP contribution in [0.25, 0.3) is 0 Å². The van der Waals surface area contributed by atoms with Crippen molar-refractivity contribution in [2.45, 2.75) is 19.4 Å². The molecule has 0 aromatic heterocycles. The summed E-state index contributed by atoms with van der Waals surface area (Å²) in [5.41, 5.74) is 1.23. The van der Waals surface area contributed by atoms with E-state index in [9.17, 15) is 9.59 Å². The predicted octanol–water partition coefficient (Wildman–Crippen LogP) is 2.23. The van der Waals surface area contributed by atoms with Crippen LogP contribution in [0.2, 0.25) is 0 Å². The molecule has 3 N–H and O–H groups in total. The normalized spacial score (nSPS) is 29.1. The van der Waals surface area contributed by atoms with E-state index in [0.717, 1.165) is 29.4 Å². The molecule has 27 heavy (non-hydrogen) atoms. The van der Waals surface area contributed by atoms with Crippen molar-refractivity contribution in [2.24, 2.45) is 29.1 Å². The lowest BCUT2D eigenvalue weighted by Crippen LogP contribution is -2.45. The van der Waals surface area contributed by atoms with Gasteiger partial charge in [-0.1, -0.05) is 40.2 Å². The van der Waals surface area contributed by atoms with Gasteiger partial charge in [-0.3, -0.25) is 9.59 Å². The predicted molar refractivity (Wildman–Crippen MR) is 108 cm³/mol. The van der Waals surface area contributed by atoms with Gasteiger partial charge in [0.25, 0.3) is 0 Å². The third-order valence-electron chi connectivity index (χ3n) is 6.50. The fourth-order valence-corrected chi connectivity index (χ4v) is 5.31. The number of rotatable bonds is 7. The molecule has 1 aromatic carbocycles. The van der Waals surface area contributed by atoms with Gasteiger partial charge in [0.05, 0.1) is 11.8 Å². The quantitative estimate of drug-likeness (QED) is 0.457. The number of likely N-dealkylation sites (N-methyl/N-ethyl adjacent to an activating group) is 1. The summed E-state index contributed by atoms with van der Waals surface area (Å²) >= 11 is 3.43. The summed E-state index contributed by atoms with van der Waals surface area (Å²) in [5.74, 6) is -0.0585. The van der Waals surface area contributed by atoms with Crippen LogP contribution in [0.4, 0.5) is 0 Å². The Bertz CT molecular complexity index is 757. The fraction of sp³-hybridized carbons (Fsp3) is 0.524. The maximum atomic E-state index is 13.1. The van der Waals surface area contributed by atoms with Crippen molar-refractivity contribution in [1.29, 1.82) is 0 Å². The first-order valence-electron chi connectivity index (χ1n) is 9.69. The monoisotopic (exact) mass is 431 g/mol. The highest BCUT2D eigenvalue weighted by molar-refractivity contribution is 9.10. The van der Waals surface area contributed by atoms with Gasteiger partial charge < -0.3 is 16.0 Å². The molecular weight excluding hydrogens is 406 g/mol. The summed E-state index contributed by atoms with van der Waals surface area (Å²) < 4.78 is 1.02. The summed E-state index contributed by atoms with van der Waals surface area (Å²) in [6.07, 6.45) is 6.65. The van der Waals surface area contributed by atoms with Gasteiger partial charge in [-0.2, -0.15) is 0 Å². The molecule has 144 valence electrons. The molecule has 2 fully saturated rings. The van der Waals surface area contributed by atoms with E-state index in [1.165, 1.54) is 0 Å². The van der Waals surface area contributed by atoms with Gasteiger partial charge in [-0.25, -0.2) is 0 Å². The maximum Gasteiger partial charge on any atom is 0.224 e. The second kappa shape index (κ2) is 7.40.